The predicted octanol–water partition coefficient (Wildman–Crippen LogP) is 3.14. The van der Waals surface area contributed by atoms with Crippen molar-refractivity contribution in [3.05, 3.63) is 42.5 Å². The number of nitrogens with zero attached hydrogens (tertiary/aromatic N) is 5. The Morgan fingerprint density at radius 3 is 2.20 bits per heavy atom. The summed E-state index contributed by atoms with van der Waals surface area (Å²) in [5.41, 5.74) is 2.73. The number of hydrogen-bond acceptors (Lipinski definition) is 7. The Balaban J connectivity index is 1.66. The minimum atomic E-state index is 0.225. The van der Waals surface area contributed by atoms with E-state index in [1.807, 2.05) is 18.2 Å². The third-order valence-corrected chi connectivity index (χ3v) is 5.86. The average Bonchev–Trinajstić information content (AvgIpc) is 2.79. The van der Waals surface area contributed by atoms with E-state index in [9.17, 15) is 0 Å². The van der Waals surface area contributed by atoms with Gasteiger partial charge in [0.1, 0.15) is 5.82 Å². The number of aromatic nitrogens is 3. The van der Waals surface area contributed by atoms with Crippen molar-refractivity contribution in [1.82, 2.24) is 15.0 Å². The van der Waals surface area contributed by atoms with Gasteiger partial charge in [-0.05, 0) is 26.0 Å². The summed E-state index contributed by atoms with van der Waals surface area (Å²) in [6.07, 6.45) is 0. The SMILES string of the molecule is C[C@H]1COCCN1c1nc(N2CCOC[C@@H]2C)c2ccc(-c3ccccc3)nc2n1. The lowest BCUT2D eigenvalue weighted by Crippen LogP contribution is -2.46. The third kappa shape index (κ3) is 3.59. The minimum Gasteiger partial charge on any atom is -0.377 e. The molecule has 0 saturated carbocycles. The van der Waals surface area contributed by atoms with Crippen LogP contribution >= 0.6 is 0 Å². The van der Waals surface area contributed by atoms with E-state index in [0.717, 1.165) is 47.1 Å². The molecule has 7 nitrogen and oxygen atoms in total. The van der Waals surface area contributed by atoms with Crippen LogP contribution in [-0.4, -0.2) is 66.6 Å². The van der Waals surface area contributed by atoms with Gasteiger partial charge in [-0.25, -0.2) is 4.98 Å². The Labute approximate surface area is 176 Å². The van der Waals surface area contributed by atoms with Gasteiger partial charge in [-0.2, -0.15) is 9.97 Å². The highest BCUT2D eigenvalue weighted by Gasteiger charge is 2.27. The molecule has 0 amide bonds. The summed E-state index contributed by atoms with van der Waals surface area (Å²) >= 11 is 0. The van der Waals surface area contributed by atoms with Crippen LogP contribution in [0.2, 0.25) is 0 Å². The van der Waals surface area contributed by atoms with Crippen LogP contribution in [0.3, 0.4) is 0 Å². The molecule has 2 atom stereocenters. The van der Waals surface area contributed by atoms with E-state index in [4.69, 9.17) is 24.4 Å². The molecule has 0 aliphatic carbocycles. The van der Waals surface area contributed by atoms with Crippen molar-refractivity contribution in [1.29, 1.82) is 0 Å². The Hall–Kier alpha value is -2.77. The topological polar surface area (TPSA) is 63.6 Å². The van der Waals surface area contributed by atoms with Gasteiger partial charge in [0.05, 0.1) is 49.6 Å². The Bertz CT molecular complexity index is 1030. The van der Waals surface area contributed by atoms with Gasteiger partial charge in [0, 0.05) is 18.7 Å². The zero-order chi connectivity index (χ0) is 20.5. The highest BCUT2D eigenvalue weighted by molar-refractivity contribution is 5.90. The van der Waals surface area contributed by atoms with Gasteiger partial charge in [-0.1, -0.05) is 30.3 Å². The van der Waals surface area contributed by atoms with Crippen molar-refractivity contribution in [3.8, 4) is 11.3 Å². The Morgan fingerprint density at radius 2 is 1.50 bits per heavy atom. The summed E-state index contributed by atoms with van der Waals surface area (Å²) in [7, 11) is 0. The summed E-state index contributed by atoms with van der Waals surface area (Å²) in [4.78, 5) is 19.4. The molecule has 0 radical (unpaired) electrons. The van der Waals surface area contributed by atoms with E-state index in [1.165, 1.54) is 0 Å². The van der Waals surface area contributed by atoms with Crippen LogP contribution < -0.4 is 9.80 Å². The maximum absolute atomic E-state index is 5.66. The summed E-state index contributed by atoms with van der Waals surface area (Å²) < 4.78 is 11.3. The third-order valence-electron chi connectivity index (χ3n) is 5.86. The summed E-state index contributed by atoms with van der Waals surface area (Å²) in [6.45, 7) is 8.69. The van der Waals surface area contributed by atoms with Gasteiger partial charge in [-0.3, -0.25) is 0 Å². The molecule has 2 saturated heterocycles. The standard InChI is InChI=1S/C23H27N5O2/c1-16-14-29-12-10-27(16)22-19-8-9-20(18-6-4-3-5-7-18)24-21(19)25-23(26-22)28-11-13-30-15-17(28)2/h3-9,16-17H,10-15H2,1-2H3/t16-,17-/m0/s1. The Morgan fingerprint density at radius 1 is 0.800 bits per heavy atom. The first-order valence-corrected chi connectivity index (χ1v) is 10.6. The second-order valence-electron chi connectivity index (χ2n) is 8.02. The molecule has 0 N–H and O–H groups in total. The molecule has 2 aromatic heterocycles. The van der Waals surface area contributed by atoms with E-state index in [-0.39, 0.29) is 12.1 Å². The van der Waals surface area contributed by atoms with E-state index >= 15 is 0 Å². The molecule has 3 aromatic rings. The first-order chi connectivity index (χ1) is 14.7. The van der Waals surface area contributed by atoms with Gasteiger partial charge < -0.3 is 19.3 Å². The summed E-state index contributed by atoms with van der Waals surface area (Å²) in [5, 5.41) is 0.980. The Kier molecular flexibility index (Phi) is 5.23. The number of hydrogen-bond donors (Lipinski definition) is 0. The summed E-state index contributed by atoms with van der Waals surface area (Å²) in [5.74, 6) is 1.67. The largest absolute Gasteiger partial charge is 0.377 e. The second-order valence-corrected chi connectivity index (χ2v) is 8.02. The number of pyridine rings is 1. The fraction of sp³-hybridized carbons (Fsp3) is 0.435. The predicted molar refractivity (Wildman–Crippen MR) is 118 cm³/mol. The van der Waals surface area contributed by atoms with Crippen LogP contribution in [0.25, 0.3) is 22.3 Å². The molecule has 0 bridgehead atoms. The number of fused-ring (bicyclic) bond motifs is 1. The molecule has 2 aliphatic rings. The van der Waals surface area contributed by atoms with Gasteiger partial charge in [0.2, 0.25) is 5.95 Å². The number of benzene rings is 1. The molecule has 1 aromatic carbocycles. The maximum atomic E-state index is 5.66. The van der Waals surface area contributed by atoms with Crippen LogP contribution in [0.5, 0.6) is 0 Å². The molecule has 2 fully saturated rings. The van der Waals surface area contributed by atoms with Gasteiger partial charge in [0.25, 0.3) is 0 Å². The highest BCUT2D eigenvalue weighted by atomic mass is 16.5. The first kappa shape index (κ1) is 19.2. The van der Waals surface area contributed by atoms with Crippen molar-refractivity contribution in [3.63, 3.8) is 0 Å². The zero-order valence-corrected chi connectivity index (χ0v) is 17.5. The van der Waals surface area contributed by atoms with E-state index < -0.39 is 0 Å². The van der Waals surface area contributed by atoms with Crippen molar-refractivity contribution in [2.75, 3.05) is 49.3 Å². The lowest BCUT2D eigenvalue weighted by Gasteiger charge is -2.37. The van der Waals surface area contributed by atoms with Crippen LogP contribution in [0.4, 0.5) is 11.8 Å². The highest BCUT2D eigenvalue weighted by Crippen LogP contribution is 2.31. The van der Waals surface area contributed by atoms with Gasteiger partial charge in [-0.15, -0.1) is 0 Å². The van der Waals surface area contributed by atoms with Crippen LogP contribution in [-0.2, 0) is 9.47 Å². The quantitative estimate of drug-likeness (QED) is 0.663. The molecule has 156 valence electrons. The molecule has 5 rings (SSSR count). The summed E-state index contributed by atoms with van der Waals surface area (Å²) in [6, 6.07) is 14.9. The number of anilines is 2. The molecular formula is C23H27N5O2. The van der Waals surface area contributed by atoms with Crippen molar-refractivity contribution >= 4 is 22.8 Å². The lowest BCUT2D eigenvalue weighted by molar-refractivity contribution is 0.0973. The average molecular weight is 406 g/mol. The fourth-order valence-electron chi connectivity index (χ4n) is 4.17. The molecule has 2 aliphatic heterocycles. The molecular weight excluding hydrogens is 378 g/mol. The van der Waals surface area contributed by atoms with Gasteiger partial charge in [0.15, 0.2) is 5.65 Å². The first-order valence-electron chi connectivity index (χ1n) is 10.6. The normalized spacial score (nSPS) is 22.5. The fourth-order valence-corrected chi connectivity index (χ4v) is 4.17. The van der Waals surface area contributed by atoms with Crippen LogP contribution in [0.15, 0.2) is 42.5 Å². The lowest BCUT2D eigenvalue weighted by atomic mass is 10.1. The zero-order valence-electron chi connectivity index (χ0n) is 17.5. The molecule has 30 heavy (non-hydrogen) atoms. The number of ether oxygens (including phenoxy) is 2. The molecule has 0 unspecified atom stereocenters. The van der Waals surface area contributed by atoms with E-state index in [2.05, 4.69) is 47.9 Å². The minimum absolute atomic E-state index is 0.225. The van der Waals surface area contributed by atoms with E-state index in [0.29, 0.717) is 26.4 Å². The second kappa shape index (κ2) is 8.16. The smallest absolute Gasteiger partial charge is 0.229 e. The van der Waals surface area contributed by atoms with Crippen LogP contribution in [0, 0.1) is 0 Å². The van der Waals surface area contributed by atoms with Crippen molar-refractivity contribution in [2.24, 2.45) is 0 Å². The number of rotatable bonds is 3. The van der Waals surface area contributed by atoms with Crippen LogP contribution in [0.1, 0.15) is 13.8 Å². The maximum Gasteiger partial charge on any atom is 0.229 e. The monoisotopic (exact) mass is 405 g/mol. The van der Waals surface area contributed by atoms with Crippen molar-refractivity contribution in [2.45, 2.75) is 25.9 Å². The van der Waals surface area contributed by atoms with Gasteiger partial charge >= 0.3 is 0 Å². The van der Waals surface area contributed by atoms with E-state index in [1.54, 1.807) is 0 Å². The molecule has 4 heterocycles. The molecule has 7 heteroatoms. The van der Waals surface area contributed by atoms with Crippen molar-refractivity contribution < 1.29 is 9.47 Å². The number of morpholine rings is 2. The molecule has 0 spiro atoms.